The molecule has 1 aromatic rings. The van der Waals surface area contributed by atoms with Crippen molar-refractivity contribution in [1.29, 1.82) is 0 Å². The van der Waals surface area contributed by atoms with Crippen molar-refractivity contribution in [3.8, 4) is 0 Å². The molecule has 0 aliphatic heterocycles. The summed E-state index contributed by atoms with van der Waals surface area (Å²) < 4.78 is 25.7. The van der Waals surface area contributed by atoms with E-state index in [0.717, 1.165) is 31.0 Å². The number of benzene rings is 1. The minimum Gasteiger partial charge on any atom is -0.349 e. The molecule has 1 N–H and O–H groups in total. The predicted molar refractivity (Wildman–Crippen MR) is 58.2 cm³/mol. The zero-order valence-corrected chi connectivity index (χ0v) is 9.39. The standard InChI is InChI=1S/C12H15F2NO/c1-3-11(4-2)15-12(16)8-5-9(13)7-10(14)6-8/h5-7,11H,3-4H2,1-2H3,(H,15,16). The summed E-state index contributed by atoms with van der Waals surface area (Å²) in [5.74, 6) is -1.92. The van der Waals surface area contributed by atoms with E-state index in [0.29, 0.717) is 0 Å². The van der Waals surface area contributed by atoms with Gasteiger partial charge >= 0.3 is 0 Å². The Labute approximate surface area is 93.7 Å². The van der Waals surface area contributed by atoms with Crippen LogP contribution in [0.3, 0.4) is 0 Å². The van der Waals surface area contributed by atoms with Gasteiger partial charge in [0.1, 0.15) is 11.6 Å². The third-order valence-electron chi connectivity index (χ3n) is 2.45. The molecule has 0 heterocycles. The number of amides is 1. The van der Waals surface area contributed by atoms with Gasteiger partial charge < -0.3 is 5.32 Å². The van der Waals surface area contributed by atoms with Gasteiger partial charge in [-0.3, -0.25) is 4.79 Å². The lowest BCUT2D eigenvalue weighted by Crippen LogP contribution is -2.33. The molecule has 1 aromatic carbocycles. The second-order valence-electron chi connectivity index (χ2n) is 3.65. The van der Waals surface area contributed by atoms with Gasteiger partial charge in [0.2, 0.25) is 0 Å². The molecule has 0 aliphatic rings. The van der Waals surface area contributed by atoms with Gasteiger partial charge in [0.05, 0.1) is 0 Å². The summed E-state index contributed by atoms with van der Waals surface area (Å²) in [4.78, 5) is 11.6. The molecule has 16 heavy (non-hydrogen) atoms. The van der Waals surface area contributed by atoms with Crippen molar-refractivity contribution in [1.82, 2.24) is 5.32 Å². The van der Waals surface area contributed by atoms with Crippen LogP contribution in [-0.4, -0.2) is 11.9 Å². The van der Waals surface area contributed by atoms with E-state index in [-0.39, 0.29) is 11.6 Å². The molecule has 0 bridgehead atoms. The van der Waals surface area contributed by atoms with Crippen molar-refractivity contribution in [2.45, 2.75) is 32.7 Å². The maximum Gasteiger partial charge on any atom is 0.251 e. The molecule has 0 atom stereocenters. The van der Waals surface area contributed by atoms with Crippen molar-refractivity contribution < 1.29 is 13.6 Å². The highest BCUT2D eigenvalue weighted by Gasteiger charge is 2.12. The molecule has 0 aromatic heterocycles. The Hall–Kier alpha value is -1.45. The van der Waals surface area contributed by atoms with Crippen LogP contribution in [0.25, 0.3) is 0 Å². The minimum absolute atomic E-state index is 0.0180. The third-order valence-corrected chi connectivity index (χ3v) is 2.45. The largest absolute Gasteiger partial charge is 0.349 e. The predicted octanol–water partition coefficient (Wildman–Crippen LogP) is 2.88. The lowest BCUT2D eigenvalue weighted by Gasteiger charge is -2.14. The zero-order chi connectivity index (χ0) is 12.1. The quantitative estimate of drug-likeness (QED) is 0.841. The molecule has 0 saturated heterocycles. The Balaban J connectivity index is 2.80. The van der Waals surface area contributed by atoms with Gasteiger partial charge in [-0.25, -0.2) is 8.78 Å². The van der Waals surface area contributed by atoms with Crippen molar-refractivity contribution in [3.63, 3.8) is 0 Å². The summed E-state index contributed by atoms with van der Waals surface area (Å²) in [5.41, 5.74) is 0.0180. The molecule has 88 valence electrons. The van der Waals surface area contributed by atoms with Crippen LogP contribution < -0.4 is 5.32 Å². The van der Waals surface area contributed by atoms with E-state index < -0.39 is 17.5 Å². The van der Waals surface area contributed by atoms with E-state index in [1.807, 2.05) is 13.8 Å². The minimum atomic E-state index is -0.741. The molecule has 0 fully saturated rings. The first-order chi connectivity index (χ1) is 7.56. The van der Waals surface area contributed by atoms with Crippen molar-refractivity contribution >= 4 is 5.91 Å². The smallest absolute Gasteiger partial charge is 0.251 e. The van der Waals surface area contributed by atoms with E-state index >= 15 is 0 Å². The number of carbonyl (C=O) groups excluding carboxylic acids is 1. The second-order valence-corrected chi connectivity index (χ2v) is 3.65. The van der Waals surface area contributed by atoms with Crippen molar-refractivity contribution in [2.24, 2.45) is 0 Å². The number of hydrogen-bond acceptors (Lipinski definition) is 1. The van der Waals surface area contributed by atoms with E-state index in [9.17, 15) is 13.6 Å². The average molecular weight is 227 g/mol. The van der Waals surface area contributed by atoms with Gasteiger partial charge in [0.15, 0.2) is 0 Å². The number of halogens is 2. The fourth-order valence-electron chi connectivity index (χ4n) is 1.45. The summed E-state index contributed by atoms with van der Waals surface area (Å²) in [5, 5.41) is 2.71. The van der Waals surface area contributed by atoms with Crippen LogP contribution in [0.5, 0.6) is 0 Å². The normalized spacial score (nSPS) is 10.6. The number of carbonyl (C=O) groups is 1. The van der Waals surface area contributed by atoms with Gasteiger partial charge in [-0.15, -0.1) is 0 Å². The Morgan fingerprint density at radius 1 is 1.19 bits per heavy atom. The number of nitrogens with one attached hydrogen (secondary N) is 1. The molecule has 0 spiro atoms. The maximum atomic E-state index is 12.9. The molecule has 0 saturated carbocycles. The molecule has 0 radical (unpaired) electrons. The summed E-state index contributed by atoms with van der Waals surface area (Å²) in [7, 11) is 0. The molecule has 0 aliphatic carbocycles. The van der Waals surface area contributed by atoms with Crippen LogP contribution in [-0.2, 0) is 0 Å². The van der Waals surface area contributed by atoms with Gasteiger partial charge in [0, 0.05) is 17.7 Å². The van der Waals surface area contributed by atoms with Crippen molar-refractivity contribution in [2.75, 3.05) is 0 Å². The SMILES string of the molecule is CCC(CC)NC(=O)c1cc(F)cc(F)c1. The first-order valence-electron chi connectivity index (χ1n) is 5.33. The Morgan fingerprint density at radius 2 is 1.69 bits per heavy atom. The highest BCUT2D eigenvalue weighted by Crippen LogP contribution is 2.08. The summed E-state index contributed by atoms with van der Waals surface area (Å²) in [6.07, 6.45) is 1.58. The van der Waals surface area contributed by atoms with E-state index in [4.69, 9.17) is 0 Å². The molecule has 1 rings (SSSR count). The second kappa shape index (κ2) is 5.58. The Morgan fingerprint density at radius 3 is 2.12 bits per heavy atom. The number of hydrogen-bond donors (Lipinski definition) is 1. The molecule has 1 amide bonds. The highest BCUT2D eigenvalue weighted by atomic mass is 19.1. The fourth-order valence-corrected chi connectivity index (χ4v) is 1.45. The Kier molecular flexibility index (Phi) is 4.40. The van der Waals surface area contributed by atoms with Crippen LogP contribution in [0.4, 0.5) is 8.78 Å². The maximum absolute atomic E-state index is 12.9. The molecule has 2 nitrogen and oxygen atoms in total. The van der Waals surface area contributed by atoms with E-state index in [1.54, 1.807) is 0 Å². The van der Waals surface area contributed by atoms with E-state index in [1.165, 1.54) is 0 Å². The first-order valence-corrected chi connectivity index (χ1v) is 5.33. The van der Waals surface area contributed by atoms with Crippen LogP contribution in [0.15, 0.2) is 18.2 Å². The van der Waals surface area contributed by atoms with Crippen LogP contribution in [0.2, 0.25) is 0 Å². The lowest BCUT2D eigenvalue weighted by molar-refractivity contribution is 0.0934. The van der Waals surface area contributed by atoms with Gasteiger partial charge in [0.25, 0.3) is 5.91 Å². The van der Waals surface area contributed by atoms with Crippen molar-refractivity contribution in [3.05, 3.63) is 35.4 Å². The summed E-state index contributed by atoms with van der Waals surface area (Å²) in [6.45, 7) is 3.89. The van der Waals surface area contributed by atoms with Gasteiger partial charge in [-0.05, 0) is 25.0 Å². The molecular formula is C12H15F2NO. The van der Waals surface area contributed by atoms with Crippen LogP contribution in [0.1, 0.15) is 37.0 Å². The fraction of sp³-hybridized carbons (Fsp3) is 0.417. The zero-order valence-electron chi connectivity index (χ0n) is 9.39. The Bertz CT molecular complexity index is 355. The number of rotatable bonds is 4. The van der Waals surface area contributed by atoms with Gasteiger partial charge in [-0.1, -0.05) is 13.8 Å². The lowest BCUT2D eigenvalue weighted by atomic mass is 10.1. The highest BCUT2D eigenvalue weighted by molar-refractivity contribution is 5.94. The average Bonchev–Trinajstić information content (AvgIpc) is 2.24. The van der Waals surface area contributed by atoms with Gasteiger partial charge in [-0.2, -0.15) is 0 Å². The summed E-state index contributed by atoms with van der Waals surface area (Å²) >= 11 is 0. The molecular weight excluding hydrogens is 212 g/mol. The third kappa shape index (κ3) is 3.29. The van der Waals surface area contributed by atoms with Crippen LogP contribution >= 0.6 is 0 Å². The molecule has 4 heteroatoms. The first kappa shape index (κ1) is 12.6. The monoisotopic (exact) mass is 227 g/mol. The topological polar surface area (TPSA) is 29.1 Å². The molecule has 0 unspecified atom stereocenters. The van der Waals surface area contributed by atoms with E-state index in [2.05, 4.69) is 5.32 Å². The summed E-state index contributed by atoms with van der Waals surface area (Å²) in [6, 6.07) is 2.84. The van der Waals surface area contributed by atoms with Crippen LogP contribution in [0, 0.1) is 11.6 Å².